The van der Waals surface area contributed by atoms with Crippen molar-refractivity contribution in [3.8, 4) is 0 Å². The normalized spacial score (nSPS) is 11.2. The van der Waals surface area contributed by atoms with Crippen LogP contribution in [0.1, 0.15) is 11.1 Å². The summed E-state index contributed by atoms with van der Waals surface area (Å²) in [6.45, 7) is 1.72. The van der Waals surface area contributed by atoms with Gasteiger partial charge in [0.05, 0.1) is 15.4 Å². The van der Waals surface area contributed by atoms with E-state index < -0.39 is 38.6 Å². The van der Waals surface area contributed by atoms with Gasteiger partial charge in [-0.3, -0.25) is 20.2 Å². The van der Waals surface area contributed by atoms with E-state index >= 15 is 0 Å². The number of nitrogens with one attached hydrogen (secondary N) is 1. The Balaban J connectivity index is 2.68. The van der Waals surface area contributed by atoms with E-state index in [9.17, 15) is 33.4 Å². The van der Waals surface area contributed by atoms with Gasteiger partial charge in [-0.2, -0.15) is 13.2 Å². The first-order chi connectivity index (χ1) is 11.1. The Hall–Kier alpha value is -3.17. The minimum Gasteiger partial charge on any atom is -0.344 e. The molecule has 0 unspecified atom stereocenters. The lowest BCUT2D eigenvalue weighted by Gasteiger charge is -2.11. The number of nitro groups is 2. The number of hydrogen-bond acceptors (Lipinski definition) is 5. The molecule has 2 aromatic carbocycles. The number of rotatable bonds is 4. The summed E-state index contributed by atoms with van der Waals surface area (Å²) >= 11 is 0. The van der Waals surface area contributed by atoms with E-state index in [2.05, 4.69) is 5.32 Å². The molecule has 7 nitrogen and oxygen atoms in total. The van der Waals surface area contributed by atoms with Crippen LogP contribution >= 0.6 is 0 Å². The summed E-state index contributed by atoms with van der Waals surface area (Å²) in [6, 6.07) is 6.89. The third-order valence-corrected chi connectivity index (χ3v) is 3.10. The van der Waals surface area contributed by atoms with Crippen molar-refractivity contribution in [2.24, 2.45) is 0 Å². The van der Waals surface area contributed by atoms with Crippen molar-refractivity contribution in [1.82, 2.24) is 0 Å². The molecule has 0 saturated carbocycles. The highest BCUT2D eigenvalue weighted by atomic mass is 19.4. The van der Waals surface area contributed by atoms with Crippen molar-refractivity contribution in [3.63, 3.8) is 0 Å². The quantitative estimate of drug-likeness (QED) is 0.648. The van der Waals surface area contributed by atoms with E-state index in [4.69, 9.17) is 0 Å². The topological polar surface area (TPSA) is 98.3 Å². The van der Waals surface area contributed by atoms with Gasteiger partial charge in [0.2, 0.25) is 0 Å². The van der Waals surface area contributed by atoms with Gasteiger partial charge in [-0.25, -0.2) is 0 Å². The summed E-state index contributed by atoms with van der Waals surface area (Å²) in [5.74, 6) is 0. The van der Waals surface area contributed by atoms with E-state index in [1.54, 1.807) is 25.1 Å². The molecule has 0 amide bonds. The summed E-state index contributed by atoms with van der Waals surface area (Å²) in [4.78, 5) is 20.0. The van der Waals surface area contributed by atoms with Gasteiger partial charge in [0, 0.05) is 17.8 Å². The van der Waals surface area contributed by atoms with Crippen LogP contribution in [0.2, 0.25) is 0 Å². The highest BCUT2D eigenvalue weighted by Gasteiger charge is 2.37. The van der Waals surface area contributed by atoms with Crippen LogP contribution in [0.25, 0.3) is 0 Å². The summed E-state index contributed by atoms with van der Waals surface area (Å²) in [5.41, 5.74) is -3.09. The molecule has 10 heteroatoms. The molecule has 126 valence electrons. The molecule has 0 aliphatic heterocycles. The molecule has 0 fully saturated rings. The second kappa shape index (κ2) is 6.14. The number of benzene rings is 2. The average Bonchev–Trinajstić information content (AvgIpc) is 2.45. The second-order valence-corrected chi connectivity index (χ2v) is 4.90. The molecule has 0 aromatic heterocycles. The van der Waals surface area contributed by atoms with Crippen LogP contribution in [0.3, 0.4) is 0 Å². The average molecular weight is 341 g/mol. The Kier molecular flexibility index (Phi) is 4.40. The van der Waals surface area contributed by atoms with Crippen LogP contribution in [0.15, 0.2) is 36.4 Å². The first-order valence-corrected chi connectivity index (χ1v) is 6.47. The Labute approximate surface area is 133 Å². The molecule has 1 N–H and O–H groups in total. The molecule has 24 heavy (non-hydrogen) atoms. The van der Waals surface area contributed by atoms with Crippen LogP contribution in [-0.4, -0.2) is 9.85 Å². The zero-order valence-corrected chi connectivity index (χ0v) is 12.1. The molecule has 2 rings (SSSR count). The SMILES string of the molecule is Cc1cccc(Nc2c([N+](=O)[O-])cc(C(F)(F)F)cc2[N+](=O)[O-])c1. The molecule has 0 spiro atoms. The molecule has 0 atom stereocenters. The number of anilines is 2. The van der Waals surface area contributed by atoms with E-state index in [0.717, 1.165) is 5.56 Å². The fraction of sp³-hybridized carbons (Fsp3) is 0.143. The Morgan fingerprint density at radius 1 is 1.00 bits per heavy atom. The predicted octanol–water partition coefficient (Wildman–Crippen LogP) is 4.57. The zero-order chi connectivity index (χ0) is 18.1. The molecule has 0 aliphatic carbocycles. The number of nitrogens with zero attached hydrogens (tertiary/aromatic N) is 2. The second-order valence-electron chi connectivity index (χ2n) is 4.90. The highest BCUT2D eigenvalue weighted by Crippen LogP contribution is 2.42. The molecule has 0 saturated heterocycles. The first-order valence-electron chi connectivity index (χ1n) is 6.47. The number of alkyl halides is 3. The Bertz CT molecular complexity index is 786. The van der Waals surface area contributed by atoms with Gasteiger partial charge in [0.15, 0.2) is 5.69 Å². The lowest BCUT2D eigenvalue weighted by molar-refractivity contribution is -0.392. The number of nitro benzene ring substituents is 2. The standard InChI is InChI=1S/C14H10F3N3O4/c1-8-3-2-4-10(5-8)18-13-11(19(21)22)6-9(14(15,16)17)7-12(13)20(23)24/h2-7,18H,1H3. The Morgan fingerprint density at radius 3 is 1.96 bits per heavy atom. The van der Waals surface area contributed by atoms with Crippen LogP contribution in [-0.2, 0) is 6.18 Å². The lowest BCUT2D eigenvalue weighted by atomic mass is 10.1. The molecular formula is C14H10F3N3O4. The van der Waals surface area contributed by atoms with Gasteiger partial charge in [-0.05, 0) is 24.6 Å². The monoisotopic (exact) mass is 341 g/mol. The summed E-state index contributed by atoms with van der Waals surface area (Å²) < 4.78 is 38.5. The molecule has 0 radical (unpaired) electrons. The van der Waals surface area contributed by atoms with Crippen molar-refractivity contribution in [1.29, 1.82) is 0 Å². The summed E-state index contributed by atoms with van der Waals surface area (Å²) in [7, 11) is 0. The van der Waals surface area contributed by atoms with Crippen molar-refractivity contribution in [2.45, 2.75) is 13.1 Å². The highest BCUT2D eigenvalue weighted by molar-refractivity contribution is 5.80. The van der Waals surface area contributed by atoms with Gasteiger partial charge in [-0.1, -0.05) is 12.1 Å². The maximum absolute atomic E-state index is 12.8. The molecular weight excluding hydrogens is 331 g/mol. The van der Waals surface area contributed by atoms with Crippen LogP contribution in [0, 0.1) is 27.2 Å². The fourth-order valence-corrected chi connectivity index (χ4v) is 2.06. The van der Waals surface area contributed by atoms with E-state index in [0.29, 0.717) is 0 Å². The van der Waals surface area contributed by atoms with Gasteiger partial charge < -0.3 is 5.32 Å². The predicted molar refractivity (Wildman–Crippen MR) is 79.2 cm³/mol. The van der Waals surface area contributed by atoms with Crippen molar-refractivity contribution in [3.05, 3.63) is 67.8 Å². The third-order valence-electron chi connectivity index (χ3n) is 3.10. The van der Waals surface area contributed by atoms with Gasteiger partial charge >= 0.3 is 6.18 Å². The van der Waals surface area contributed by atoms with E-state index in [-0.39, 0.29) is 17.8 Å². The fourth-order valence-electron chi connectivity index (χ4n) is 2.06. The minimum atomic E-state index is -4.95. The minimum absolute atomic E-state index is 0.269. The van der Waals surface area contributed by atoms with Crippen LogP contribution in [0.4, 0.5) is 35.9 Å². The largest absolute Gasteiger partial charge is 0.416 e. The molecule has 0 heterocycles. The molecule has 0 bridgehead atoms. The van der Waals surface area contributed by atoms with E-state index in [1.165, 1.54) is 6.07 Å². The number of hydrogen-bond donors (Lipinski definition) is 1. The van der Waals surface area contributed by atoms with Crippen molar-refractivity contribution < 1.29 is 23.0 Å². The van der Waals surface area contributed by atoms with Gasteiger partial charge in [0.25, 0.3) is 11.4 Å². The van der Waals surface area contributed by atoms with Crippen molar-refractivity contribution in [2.75, 3.05) is 5.32 Å². The number of halogens is 3. The lowest BCUT2D eigenvalue weighted by Crippen LogP contribution is -2.09. The zero-order valence-electron chi connectivity index (χ0n) is 12.1. The molecule has 2 aromatic rings. The summed E-state index contributed by atoms with van der Waals surface area (Å²) in [6.07, 6.45) is -4.95. The van der Waals surface area contributed by atoms with Crippen LogP contribution in [0.5, 0.6) is 0 Å². The maximum atomic E-state index is 12.8. The third kappa shape index (κ3) is 3.59. The first kappa shape index (κ1) is 17.2. The maximum Gasteiger partial charge on any atom is 0.416 e. The number of aryl methyl sites for hydroxylation is 1. The summed E-state index contributed by atoms with van der Waals surface area (Å²) in [5, 5.41) is 24.7. The van der Waals surface area contributed by atoms with E-state index in [1.807, 2.05) is 0 Å². The van der Waals surface area contributed by atoms with Crippen molar-refractivity contribution >= 4 is 22.7 Å². The smallest absolute Gasteiger partial charge is 0.344 e. The van der Waals surface area contributed by atoms with Crippen LogP contribution < -0.4 is 5.32 Å². The Morgan fingerprint density at radius 2 is 1.54 bits per heavy atom. The van der Waals surface area contributed by atoms with Gasteiger partial charge in [-0.15, -0.1) is 0 Å². The molecule has 0 aliphatic rings. The van der Waals surface area contributed by atoms with Gasteiger partial charge in [0.1, 0.15) is 0 Å².